The van der Waals surface area contributed by atoms with Gasteiger partial charge in [-0.3, -0.25) is 0 Å². The van der Waals surface area contributed by atoms with E-state index < -0.39 is 5.60 Å². The number of hydrogen-bond acceptors (Lipinski definition) is 2. The van der Waals surface area contributed by atoms with E-state index in [4.69, 9.17) is 0 Å². The average Bonchev–Trinajstić information content (AvgIpc) is 2.47. The number of hydrogen-bond donors (Lipinski definition) is 2. The van der Waals surface area contributed by atoms with E-state index in [1.54, 1.807) is 12.1 Å². The molecule has 0 fully saturated rings. The van der Waals surface area contributed by atoms with Crippen LogP contribution in [0.2, 0.25) is 0 Å². The molecular weight excluding hydrogens is 272 g/mol. The van der Waals surface area contributed by atoms with Crippen molar-refractivity contribution in [2.75, 3.05) is 0 Å². The monoisotopic (exact) mass is 296 g/mol. The van der Waals surface area contributed by atoms with E-state index in [1.165, 1.54) is 5.57 Å². The number of aromatic hydroxyl groups is 1. The number of aliphatic hydroxyl groups is 1. The summed E-state index contributed by atoms with van der Waals surface area (Å²) >= 11 is 0. The van der Waals surface area contributed by atoms with Crippen LogP contribution in [0.5, 0.6) is 5.75 Å². The second kappa shape index (κ2) is 6.80. The first-order valence-electron chi connectivity index (χ1n) is 7.61. The molecule has 22 heavy (non-hydrogen) atoms. The molecule has 2 heteroatoms. The molecule has 2 atom stereocenters. The van der Waals surface area contributed by atoms with Gasteiger partial charge in [0, 0.05) is 5.92 Å². The molecule has 2 unspecified atom stereocenters. The summed E-state index contributed by atoms with van der Waals surface area (Å²) in [6.07, 6.45) is 11.8. The van der Waals surface area contributed by atoms with Crippen molar-refractivity contribution < 1.29 is 10.2 Å². The third-order valence-electron chi connectivity index (χ3n) is 4.14. The molecule has 0 radical (unpaired) electrons. The van der Waals surface area contributed by atoms with Crippen molar-refractivity contribution in [3.63, 3.8) is 0 Å². The Morgan fingerprint density at radius 2 is 2.05 bits per heavy atom. The fraction of sp³-hybridized carbons (Fsp3) is 0.300. The highest BCUT2D eigenvalue weighted by atomic mass is 16.3. The molecule has 0 saturated heterocycles. The maximum absolute atomic E-state index is 10.4. The summed E-state index contributed by atoms with van der Waals surface area (Å²) in [6.45, 7) is 9.31. The van der Waals surface area contributed by atoms with E-state index in [9.17, 15) is 10.2 Å². The summed E-state index contributed by atoms with van der Waals surface area (Å²) in [6, 6.07) is 5.69. The van der Waals surface area contributed by atoms with Crippen LogP contribution in [0.25, 0.3) is 0 Å². The van der Waals surface area contributed by atoms with Crippen molar-refractivity contribution in [1.82, 2.24) is 0 Å². The summed E-state index contributed by atoms with van der Waals surface area (Å²) in [5, 5.41) is 20.2. The lowest BCUT2D eigenvalue weighted by Crippen LogP contribution is -2.32. The Hall–Kier alpha value is -2.06. The Bertz CT molecular complexity index is 621. The van der Waals surface area contributed by atoms with Gasteiger partial charge in [0.15, 0.2) is 0 Å². The van der Waals surface area contributed by atoms with Gasteiger partial charge in [0.05, 0.1) is 5.60 Å². The standard InChI is InChI=1S/C20H24O2/c1-4-6-17-13-15(8-9-19(17)21)12-16-10-11-20(3,22)18(14-16)7-5-2/h4-5,8-11,13-14,18,21-22H,1-2,6-7,12H2,3H3. The Morgan fingerprint density at radius 1 is 1.27 bits per heavy atom. The number of benzene rings is 1. The minimum Gasteiger partial charge on any atom is -0.508 e. The van der Waals surface area contributed by atoms with E-state index >= 15 is 0 Å². The SMILES string of the molecule is C=CCc1cc(CC2=CC(CC=C)C(C)(O)C=C2)ccc1O. The van der Waals surface area contributed by atoms with Crippen molar-refractivity contribution in [3.05, 3.63) is 78.4 Å². The number of phenolic OH excluding ortho intramolecular Hbond substituents is 1. The molecule has 2 N–H and O–H groups in total. The van der Waals surface area contributed by atoms with Gasteiger partial charge in [-0.15, -0.1) is 13.2 Å². The summed E-state index contributed by atoms with van der Waals surface area (Å²) in [4.78, 5) is 0. The van der Waals surface area contributed by atoms with Crippen LogP contribution >= 0.6 is 0 Å². The number of allylic oxidation sites excluding steroid dienone is 4. The zero-order valence-electron chi connectivity index (χ0n) is 13.1. The van der Waals surface area contributed by atoms with Gasteiger partial charge < -0.3 is 10.2 Å². The second-order valence-electron chi connectivity index (χ2n) is 6.06. The summed E-state index contributed by atoms with van der Waals surface area (Å²) in [5.41, 5.74) is 2.39. The fourth-order valence-electron chi connectivity index (χ4n) is 2.79. The Morgan fingerprint density at radius 3 is 2.73 bits per heavy atom. The number of rotatable bonds is 6. The Labute approximate surface area is 132 Å². The lowest BCUT2D eigenvalue weighted by molar-refractivity contribution is 0.0660. The quantitative estimate of drug-likeness (QED) is 0.776. The molecule has 0 saturated carbocycles. The maximum Gasteiger partial charge on any atom is 0.119 e. The largest absolute Gasteiger partial charge is 0.508 e. The lowest BCUT2D eigenvalue weighted by atomic mass is 9.80. The molecule has 1 aliphatic carbocycles. The molecule has 0 aliphatic heterocycles. The Kier molecular flexibility index (Phi) is 5.04. The van der Waals surface area contributed by atoms with Crippen LogP contribution in [0, 0.1) is 5.92 Å². The first-order chi connectivity index (χ1) is 10.5. The first-order valence-corrected chi connectivity index (χ1v) is 7.61. The number of phenols is 1. The van der Waals surface area contributed by atoms with Crippen LogP contribution in [-0.2, 0) is 12.8 Å². The highest BCUT2D eigenvalue weighted by Crippen LogP contribution is 2.31. The van der Waals surface area contributed by atoms with Crippen molar-refractivity contribution in [2.45, 2.75) is 31.8 Å². The van der Waals surface area contributed by atoms with Crippen LogP contribution in [0.4, 0.5) is 0 Å². The van der Waals surface area contributed by atoms with Crippen LogP contribution < -0.4 is 0 Å². The van der Waals surface area contributed by atoms with E-state index in [1.807, 2.05) is 37.3 Å². The molecule has 1 aliphatic rings. The molecular formula is C20H24O2. The van der Waals surface area contributed by atoms with E-state index in [2.05, 4.69) is 19.2 Å². The van der Waals surface area contributed by atoms with Gasteiger partial charge >= 0.3 is 0 Å². The fourth-order valence-corrected chi connectivity index (χ4v) is 2.79. The minimum atomic E-state index is -0.819. The zero-order chi connectivity index (χ0) is 16.2. The van der Waals surface area contributed by atoms with Gasteiger partial charge in [-0.25, -0.2) is 0 Å². The molecule has 1 aromatic rings. The van der Waals surface area contributed by atoms with Gasteiger partial charge in [-0.1, -0.05) is 42.5 Å². The van der Waals surface area contributed by atoms with E-state index in [0.717, 1.165) is 24.0 Å². The molecule has 2 rings (SSSR count). The van der Waals surface area contributed by atoms with Crippen LogP contribution in [-0.4, -0.2) is 15.8 Å². The zero-order valence-corrected chi connectivity index (χ0v) is 13.1. The normalized spacial score (nSPS) is 23.9. The molecule has 116 valence electrons. The predicted molar refractivity (Wildman–Crippen MR) is 91.9 cm³/mol. The maximum atomic E-state index is 10.4. The summed E-state index contributed by atoms with van der Waals surface area (Å²) < 4.78 is 0. The molecule has 0 spiro atoms. The molecule has 0 amide bonds. The highest BCUT2D eigenvalue weighted by molar-refractivity contribution is 5.41. The van der Waals surface area contributed by atoms with Gasteiger partial charge in [0.25, 0.3) is 0 Å². The van der Waals surface area contributed by atoms with Crippen LogP contribution in [0.3, 0.4) is 0 Å². The molecule has 2 nitrogen and oxygen atoms in total. The van der Waals surface area contributed by atoms with Gasteiger partial charge in [-0.05, 0) is 49.0 Å². The van der Waals surface area contributed by atoms with Crippen molar-refractivity contribution >= 4 is 0 Å². The topological polar surface area (TPSA) is 40.5 Å². The van der Waals surface area contributed by atoms with Crippen LogP contribution in [0.15, 0.2) is 67.3 Å². The van der Waals surface area contributed by atoms with Crippen molar-refractivity contribution in [2.24, 2.45) is 5.92 Å². The van der Waals surface area contributed by atoms with E-state index in [0.29, 0.717) is 12.2 Å². The Balaban J connectivity index is 2.20. The third kappa shape index (κ3) is 3.77. The predicted octanol–water partition coefficient (Wildman–Crippen LogP) is 4.10. The summed E-state index contributed by atoms with van der Waals surface area (Å²) in [7, 11) is 0. The average molecular weight is 296 g/mol. The summed E-state index contributed by atoms with van der Waals surface area (Å²) in [5.74, 6) is 0.360. The van der Waals surface area contributed by atoms with Crippen LogP contribution in [0.1, 0.15) is 24.5 Å². The highest BCUT2D eigenvalue weighted by Gasteiger charge is 2.29. The molecule has 0 aromatic heterocycles. The van der Waals surface area contributed by atoms with Gasteiger partial charge in [-0.2, -0.15) is 0 Å². The second-order valence-corrected chi connectivity index (χ2v) is 6.06. The van der Waals surface area contributed by atoms with Gasteiger partial charge in [0.1, 0.15) is 5.75 Å². The third-order valence-corrected chi connectivity index (χ3v) is 4.14. The molecule has 1 aromatic carbocycles. The first kappa shape index (κ1) is 16.3. The molecule has 0 heterocycles. The minimum absolute atomic E-state index is 0.0507. The lowest BCUT2D eigenvalue weighted by Gasteiger charge is -2.31. The molecule has 0 bridgehead atoms. The smallest absolute Gasteiger partial charge is 0.119 e. The van der Waals surface area contributed by atoms with Crippen molar-refractivity contribution in [1.29, 1.82) is 0 Å². The van der Waals surface area contributed by atoms with E-state index in [-0.39, 0.29) is 5.92 Å². The van der Waals surface area contributed by atoms with Crippen molar-refractivity contribution in [3.8, 4) is 5.75 Å². The van der Waals surface area contributed by atoms with Gasteiger partial charge in [0.2, 0.25) is 0 Å².